The molecule has 1 aliphatic carbocycles. The zero-order valence-corrected chi connectivity index (χ0v) is 7.89. The van der Waals surface area contributed by atoms with Crippen molar-refractivity contribution in [2.24, 2.45) is 0 Å². The van der Waals surface area contributed by atoms with Crippen LogP contribution in [-0.2, 0) is 0 Å². The summed E-state index contributed by atoms with van der Waals surface area (Å²) in [6.45, 7) is 0. The Morgan fingerprint density at radius 1 is 1.43 bits per heavy atom. The fourth-order valence-corrected chi connectivity index (χ4v) is 2.02. The number of aromatic nitrogens is 3. The molecular formula is C9H13N3O2. The Balaban J connectivity index is 2.21. The summed E-state index contributed by atoms with van der Waals surface area (Å²) in [6, 6.07) is 0.282. The molecule has 76 valence electrons. The molecule has 0 radical (unpaired) electrons. The van der Waals surface area contributed by atoms with Crippen LogP contribution in [0.15, 0.2) is 6.33 Å². The molecule has 2 rings (SSSR count). The maximum absolute atomic E-state index is 10.8. The van der Waals surface area contributed by atoms with Gasteiger partial charge in [0.25, 0.3) is 0 Å². The number of carboxylic acid groups (broad SMARTS) is 1. The molecule has 14 heavy (non-hydrogen) atoms. The van der Waals surface area contributed by atoms with E-state index in [9.17, 15) is 4.79 Å². The van der Waals surface area contributed by atoms with Gasteiger partial charge >= 0.3 is 5.97 Å². The molecule has 0 aliphatic heterocycles. The second-order valence-corrected chi connectivity index (χ2v) is 3.66. The summed E-state index contributed by atoms with van der Waals surface area (Å²) < 4.78 is 1.70. The lowest BCUT2D eigenvalue weighted by Crippen LogP contribution is -2.17. The second kappa shape index (κ2) is 3.77. The molecule has 1 heterocycles. The van der Waals surface area contributed by atoms with Crippen LogP contribution in [0, 0.1) is 0 Å². The molecule has 0 bridgehead atoms. The van der Waals surface area contributed by atoms with Gasteiger partial charge in [0.2, 0.25) is 5.82 Å². The zero-order chi connectivity index (χ0) is 9.97. The molecule has 0 amide bonds. The first kappa shape index (κ1) is 9.18. The molecular weight excluding hydrogens is 182 g/mol. The SMILES string of the molecule is O=C(O)c1nncn1C1CCCCC1. The van der Waals surface area contributed by atoms with E-state index in [1.807, 2.05) is 0 Å². The van der Waals surface area contributed by atoms with Gasteiger partial charge in [0.05, 0.1) is 0 Å². The molecule has 1 aromatic heterocycles. The number of carboxylic acids is 1. The summed E-state index contributed by atoms with van der Waals surface area (Å²) in [5, 5.41) is 16.1. The molecule has 1 aromatic rings. The molecule has 1 fully saturated rings. The molecule has 0 atom stereocenters. The first-order chi connectivity index (χ1) is 6.79. The zero-order valence-electron chi connectivity index (χ0n) is 7.89. The Labute approximate surface area is 81.8 Å². The third-order valence-electron chi connectivity index (χ3n) is 2.73. The van der Waals surface area contributed by atoms with Crippen molar-refractivity contribution in [3.05, 3.63) is 12.2 Å². The predicted molar refractivity (Wildman–Crippen MR) is 49.1 cm³/mol. The average molecular weight is 195 g/mol. The van der Waals surface area contributed by atoms with Crippen molar-refractivity contribution >= 4 is 5.97 Å². The topological polar surface area (TPSA) is 68.0 Å². The highest BCUT2D eigenvalue weighted by Crippen LogP contribution is 2.28. The van der Waals surface area contributed by atoms with Crippen LogP contribution in [0.1, 0.15) is 48.8 Å². The number of rotatable bonds is 2. The van der Waals surface area contributed by atoms with Crippen molar-refractivity contribution in [2.45, 2.75) is 38.1 Å². The Morgan fingerprint density at radius 3 is 2.79 bits per heavy atom. The highest BCUT2D eigenvalue weighted by molar-refractivity contribution is 5.83. The Morgan fingerprint density at radius 2 is 2.14 bits per heavy atom. The van der Waals surface area contributed by atoms with Crippen molar-refractivity contribution < 1.29 is 9.90 Å². The maximum atomic E-state index is 10.8. The van der Waals surface area contributed by atoms with E-state index in [1.54, 1.807) is 4.57 Å². The van der Waals surface area contributed by atoms with Gasteiger partial charge in [-0.1, -0.05) is 19.3 Å². The Bertz CT molecular complexity index is 329. The van der Waals surface area contributed by atoms with Crippen molar-refractivity contribution in [3.8, 4) is 0 Å². The fourth-order valence-electron chi connectivity index (χ4n) is 2.02. The van der Waals surface area contributed by atoms with Gasteiger partial charge in [-0.2, -0.15) is 0 Å². The molecule has 0 aromatic carbocycles. The number of nitrogens with zero attached hydrogens (tertiary/aromatic N) is 3. The first-order valence-corrected chi connectivity index (χ1v) is 4.92. The molecule has 0 spiro atoms. The van der Waals surface area contributed by atoms with Crippen LogP contribution in [0.3, 0.4) is 0 Å². The third kappa shape index (κ3) is 1.62. The van der Waals surface area contributed by atoms with E-state index >= 15 is 0 Å². The van der Waals surface area contributed by atoms with Crippen molar-refractivity contribution in [1.82, 2.24) is 14.8 Å². The number of aromatic carboxylic acids is 1. The second-order valence-electron chi connectivity index (χ2n) is 3.66. The monoisotopic (exact) mass is 195 g/mol. The maximum Gasteiger partial charge on any atom is 0.374 e. The molecule has 0 saturated heterocycles. The van der Waals surface area contributed by atoms with Gasteiger partial charge in [0, 0.05) is 6.04 Å². The summed E-state index contributed by atoms with van der Waals surface area (Å²) >= 11 is 0. The van der Waals surface area contributed by atoms with Gasteiger partial charge in [-0.15, -0.1) is 10.2 Å². The van der Waals surface area contributed by atoms with Gasteiger partial charge in [-0.05, 0) is 12.8 Å². The van der Waals surface area contributed by atoms with Crippen LogP contribution in [0.2, 0.25) is 0 Å². The summed E-state index contributed by atoms with van der Waals surface area (Å²) in [5.41, 5.74) is 0. The van der Waals surface area contributed by atoms with Crippen LogP contribution < -0.4 is 0 Å². The number of hydrogen-bond acceptors (Lipinski definition) is 3. The van der Waals surface area contributed by atoms with E-state index in [-0.39, 0.29) is 11.9 Å². The van der Waals surface area contributed by atoms with Crippen LogP contribution >= 0.6 is 0 Å². The lowest BCUT2D eigenvalue weighted by atomic mass is 9.95. The third-order valence-corrected chi connectivity index (χ3v) is 2.73. The molecule has 5 heteroatoms. The molecule has 1 aliphatic rings. The molecule has 5 nitrogen and oxygen atoms in total. The minimum absolute atomic E-state index is 0.0666. The minimum Gasteiger partial charge on any atom is -0.475 e. The van der Waals surface area contributed by atoms with E-state index in [0.717, 1.165) is 12.8 Å². The fraction of sp³-hybridized carbons (Fsp3) is 0.667. The Hall–Kier alpha value is -1.39. The molecule has 1 saturated carbocycles. The van der Waals surface area contributed by atoms with Crippen LogP contribution in [0.4, 0.5) is 0 Å². The number of hydrogen-bond donors (Lipinski definition) is 1. The standard InChI is InChI=1S/C9H13N3O2/c13-9(14)8-11-10-6-12(8)7-4-2-1-3-5-7/h6-7H,1-5H2,(H,13,14). The summed E-state index contributed by atoms with van der Waals surface area (Å²) in [7, 11) is 0. The lowest BCUT2D eigenvalue weighted by molar-refractivity contribution is 0.0673. The van der Waals surface area contributed by atoms with E-state index in [2.05, 4.69) is 10.2 Å². The van der Waals surface area contributed by atoms with Gasteiger partial charge in [-0.3, -0.25) is 0 Å². The molecule has 1 N–H and O–H groups in total. The summed E-state index contributed by atoms with van der Waals surface area (Å²) in [6.07, 6.45) is 7.20. The van der Waals surface area contributed by atoms with Crippen LogP contribution in [0.5, 0.6) is 0 Å². The van der Waals surface area contributed by atoms with E-state index in [0.29, 0.717) is 0 Å². The highest BCUT2D eigenvalue weighted by Gasteiger charge is 2.21. The smallest absolute Gasteiger partial charge is 0.374 e. The predicted octanol–water partition coefficient (Wildman–Crippen LogP) is 1.48. The van der Waals surface area contributed by atoms with Crippen molar-refractivity contribution in [2.75, 3.05) is 0 Å². The van der Waals surface area contributed by atoms with Crippen molar-refractivity contribution in [3.63, 3.8) is 0 Å². The quantitative estimate of drug-likeness (QED) is 0.776. The number of carbonyl (C=O) groups is 1. The van der Waals surface area contributed by atoms with Crippen LogP contribution in [0.25, 0.3) is 0 Å². The van der Waals surface area contributed by atoms with Crippen LogP contribution in [-0.4, -0.2) is 25.8 Å². The lowest BCUT2D eigenvalue weighted by Gasteiger charge is -2.22. The van der Waals surface area contributed by atoms with E-state index < -0.39 is 5.97 Å². The normalized spacial score (nSPS) is 18.3. The van der Waals surface area contributed by atoms with Gasteiger partial charge in [-0.25, -0.2) is 4.79 Å². The van der Waals surface area contributed by atoms with Gasteiger partial charge in [0.1, 0.15) is 6.33 Å². The van der Waals surface area contributed by atoms with E-state index in [1.165, 1.54) is 25.6 Å². The minimum atomic E-state index is -0.993. The largest absolute Gasteiger partial charge is 0.475 e. The average Bonchev–Trinajstić information content (AvgIpc) is 2.67. The van der Waals surface area contributed by atoms with Crippen molar-refractivity contribution in [1.29, 1.82) is 0 Å². The van der Waals surface area contributed by atoms with Gasteiger partial charge < -0.3 is 9.67 Å². The van der Waals surface area contributed by atoms with E-state index in [4.69, 9.17) is 5.11 Å². The summed E-state index contributed by atoms with van der Waals surface area (Å²) in [5.74, 6) is -0.926. The molecule has 0 unspecified atom stereocenters. The van der Waals surface area contributed by atoms with Gasteiger partial charge in [0.15, 0.2) is 0 Å². The first-order valence-electron chi connectivity index (χ1n) is 4.92. The summed E-state index contributed by atoms with van der Waals surface area (Å²) in [4.78, 5) is 10.8. The highest BCUT2D eigenvalue weighted by atomic mass is 16.4. The Kier molecular flexibility index (Phi) is 2.47.